The number of nitrogen functional groups attached to an aromatic ring is 1. The Morgan fingerprint density at radius 1 is 1.38 bits per heavy atom. The zero-order valence-corrected chi connectivity index (χ0v) is 12.4. The van der Waals surface area contributed by atoms with Gasteiger partial charge in [-0.2, -0.15) is 5.10 Å². The summed E-state index contributed by atoms with van der Waals surface area (Å²) < 4.78 is 26.9. The SMILES string of the molecule is Cc1[nH]ncc1CCCNS(=O)(=O)c1cnccc1NN. The van der Waals surface area contributed by atoms with E-state index in [1.54, 1.807) is 6.20 Å². The molecule has 0 fully saturated rings. The number of hydrogen-bond donors (Lipinski definition) is 4. The van der Waals surface area contributed by atoms with Crippen LogP contribution in [0.1, 0.15) is 17.7 Å². The van der Waals surface area contributed by atoms with E-state index in [1.807, 2.05) is 6.92 Å². The monoisotopic (exact) mass is 310 g/mol. The van der Waals surface area contributed by atoms with Gasteiger partial charge >= 0.3 is 0 Å². The number of aromatic amines is 1. The Bertz CT molecular complexity index is 697. The molecule has 8 nitrogen and oxygen atoms in total. The first-order valence-electron chi connectivity index (χ1n) is 6.43. The number of sulfonamides is 1. The smallest absolute Gasteiger partial charge is 0.244 e. The summed E-state index contributed by atoms with van der Waals surface area (Å²) in [5, 5.41) is 6.77. The average Bonchev–Trinajstić information content (AvgIpc) is 2.89. The molecular weight excluding hydrogens is 292 g/mol. The molecule has 0 unspecified atom stereocenters. The Balaban J connectivity index is 1.94. The van der Waals surface area contributed by atoms with Crippen LogP contribution in [0.4, 0.5) is 5.69 Å². The Hall–Kier alpha value is -1.97. The lowest BCUT2D eigenvalue weighted by Gasteiger charge is -2.10. The number of hydrogen-bond acceptors (Lipinski definition) is 6. The number of nitrogens with two attached hydrogens (primary N) is 1. The van der Waals surface area contributed by atoms with Gasteiger partial charge in [0.05, 0.1) is 11.9 Å². The van der Waals surface area contributed by atoms with Crippen molar-refractivity contribution in [3.8, 4) is 0 Å². The molecule has 5 N–H and O–H groups in total. The largest absolute Gasteiger partial charge is 0.323 e. The lowest BCUT2D eigenvalue weighted by molar-refractivity contribution is 0.579. The molecule has 0 bridgehead atoms. The molecule has 114 valence electrons. The molecule has 2 aromatic heterocycles. The fourth-order valence-corrected chi connectivity index (χ4v) is 3.09. The van der Waals surface area contributed by atoms with Gasteiger partial charge in [-0.3, -0.25) is 15.9 Å². The van der Waals surface area contributed by atoms with Crippen molar-refractivity contribution in [1.82, 2.24) is 19.9 Å². The van der Waals surface area contributed by atoms with Crippen LogP contribution in [0.25, 0.3) is 0 Å². The number of nitrogens with zero attached hydrogens (tertiary/aromatic N) is 2. The molecule has 0 aliphatic rings. The Kier molecular flexibility index (Phi) is 4.89. The molecule has 2 rings (SSSR count). The number of aryl methyl sites for hydroxylation is 2. The normalized spacial score (nSPS) is 11.5. The first-order valence-corrected chi connectivity index (χ1v) is 7.92. The molecule has 21 heavy (non-hydrogen) atoms. The first kappa shape index (κ1) is 15.4. The standard InChI is InChI=1S/C12H18N6O2S/c1-9-10(7-15-18-9)3-2-5-16-21(19,20)12-8-14-6-4-11(12)17-13/h4,6-8,16H,2-3,5,13H2,1H3,(H,14,17)(H,15,18). The van der Waals surface area contributed by atoms with Crippen LogP contribution in [0, 0.1) is 6.92 Å². The maximum atomic E-state index is 12.2. The van der Waals surface area contributed by atoms with Crippen LogP contribution in [0.2, 0.25) is 0 Å². The maximum Gasteiger partial charge on any atom is 0.244 e. The molecule has 9 heteroatoms. The zero-order valence-electron chi connectivity index (χ0n) is 11.6. The van der Waals surface area contributed by atoms with E-state index in [0.717, 1.165) is 17.7 Å². The van der Waals surface area contributed by atoms with E-state index in [0.29, 0.717) is 18.7 Å². The van der Waals surface area contributed by atoms with Gasteiger partial charge in [-0.1, -0.05) is 0 Å². The van der Waals surface area contributed by atoms with Crippen molar-refractivity contribution >= 4 is 15.7 Å². The van der Waals surface area contributed by atoms with Crippen molar-refractivity contribution in [3.05, 3.63) is 35.9 Å². The number of pyridine rings is 1. The molecule has 0 saturated carbocycles. The molecule has 0 aliphatic heterocycles. The summed E-state index contributed by atoms with van der Waals surface area (Å²) in [6, 6.07) is 1.50. The number of H-pyrrole nitrogens is 1. The van der Waals surface area contributed by atoms with Crippen molar-refractivity contribution in [2.24, 2.45) is 5.84 Å². The highest BCUT2D eigenvalue weighted by atomic mass is 32.2. The molecule has 2 heterocycles. The number of rotatable bonds is 7. The third kappa shape index (κ3) is 3.78. The van der Waals surface area contributed by atoms with Crippen molar-refractivity contribution < 1.29 is 8.42 Å². The van der Waals surface area contributed by atoms with Gasteiger partial charge in [0.1, 0.15) is 4.90 Å². The molecule has 0 spiro atoms. The Labute approximate surface area is 123 Å². The number of anilines is 1. The second kappa shape index (κ2) is 6.66. The van der Waals surface area contributed by atoms with E-state index in [-0.39, 0.29) is 4.90 Å². The third-order valence-electron chi connectivity index (χ3n) is 3.08. The van der Waals surface area contributed by atoms with E-state index >= 15 is 0 Å². The highest BCUT2D eigenvalue weighted by molar-refractivity contribution is 7.89. The number of aromatic nitrogens is 3. The molecule has 0 aromatic carbocycles. The van der Waals surface area contributed by atoms with Crippen molar-refractivity contribution in [1.29, 1.82) is 0 Å². The summed E-state index contributed by atoms with van der Waals surface area (Å²) in [6.07, 6.45) is 5.90. The van der Waals surface area contributed by atoms with E-state index in [2.05, 4.69) is 25.3 Å². The van der Waals surface area contributed by atoms with E-state index in [1.165, 1.54) is 18.5 Å². The Morgan fingerprint density at radius 3 is 2.86 bits per heavy atom. The fraction of sp³-hybridized carbons (Fsp3) is 0.333. The van der Waals surface area contributed by atoms with Gasteiger partial charge in [-0.05, 0) is 31.4 Å². The van der Waals surface area contributed by atoms with Crippen molar-refractivity contribution in [3.63, 3.8) is 0 Å². The lowest BCUT2D eigenvalue weighted by Crippen LogP contribution is -2.26. The minimum atomic E-state index is -3.63. The number of nitrogens with one attached hydrogen (secondary N) is 3. The van der Waals surface area contributed by atoms with Crippen molar-refractivity contribution in [2.75, 3.05) is 12.0 Å². The van der Waals surface area contributed by atoms with Crippen LogP contribution < -0.4 is 16.0 Å². The van der Waals surface area contributed by atoms with Gasteiger partial charge in [-0.25, -0.2) is 13.1 Å². The van der Waals surface area contributed by atoms with Gasteiger partial charge in [0.25, 0.3) is 0 Å². The number of hydrazine groups is 1. The maximum absolute atomic E-state index is 12.2. The molecule has 0 amide bonds. The van der Waals surface area contributed by atoms with Gasteiger partial charge in [0.2, 0.25) is 10.0 Å². The predicted octanol–water partition coefficient (Wildman–Crippen LogP) is 0.310. The lowest BCUT2D eigenvalue weighted by atomic mass is 10.1. The van der Waals surface area contributed by atoms with E-state index in [9.17, 15) is 8.42 Å². The van der Waals surface area contributed by atoms with Gasteiger partial charge in [-0.15, -0.1) is 0 Å². The predicted molar refractivity (Wildman–Crippen MR) is 78.9 cm³/mol. The molecule has 0 saturated heterocycles. The highest BCUT2D eigenvalue weighted by Crippen LogP contribution is 2.17. The van der Waals surface area contributed by atoms with E-state index < -0.39 is 10.0 Å². The molecule has 0 aliphatic carbocycles. The first-order chi connectivity index (χ1) is 10.0. The summed E-state index contributed by atoms with van der Waals surface area (Å²) in [5.41, 5.74) is 4.74. The summed E-state index contributed by atoms with van der Waals surface area (Å²) >= 11 is 0. The van der Waals surface area contributed by atoms with Gasteiger partial charge < -0.3 is 5.43 Å². The summed E-state index contributed by atoms with van der Waals surface area (Å²) in [4.78, 5) is 3.85. The Morgan fingerprint density at radius 2 is 2.19 bits per heavy atom. The highest BCUT2D eigenvalue weighted by Gasteiger charge is 2.17. The summed E-state index contributed by atoms with van der Waals surface area (Å²) in [7, 11) is -3.63. The summed E-state index contributed by atoms with van der Waals surface area (Å²) in [5.74, 6) is 5.30. The summed E-state index contributed by atoms with van der Waals surface area (Å²) in [6.45, 7) is 2.26. The quantitative estimate of drug-likeness (QED) is 0.331. The van der Waals surface area contributed by atoms with Crippen LogP contribution in [0.15, 0.2) is 29.6 Å². The van der Waals surface area contributed by atoms with Crippen LogP contribution >= 0.6 is 0 Å². The van der Waals surface area contributed by atoms with Crippen LogP contribution in [0.3, 0.4) is 0 Å². The average molecular weight is 310 g/mol. The molecule has 0 atom stereocenters. The second-order valence-electron chi connectivity index (χ2n) is 4.54. The van der Waals surface area contributed by atoms with Crippen LogP contribution in [-0.4, -0.2) is 30.1 Å². The minimum Gasteiger partial charge on any atom is -0.323 e. The van der Waals surface area contributed by atoms with Gasteiger partial charge in [0, 0.05) is 24.6 Å². The van der Waals surface area contributed by atoms with E-state index in [4.69, 9.17) is 5.84 Å². The van der Waals surface area contributed by atoms with Gasteiger partial charge in [0.15, 0.2) is 0 Å². The third-order valence-corrected chi connectivity index (χ3v) is 4.57. The zero-order chi connectivity index (χ0) is 15.3. The van der Waals surface area contributed by atoms with Crippen LogP contribution in [0.5, 0.6) is 0 Å². The fourth-order valence-electron chi connectivity index (χ4n) is 1.90. The van der Waals surface area contributed by atoms with Crippen molar-refractivity contribution in [2.45, 2.75) is 24.7 Å². The topological polar surface area (TPSA) is 126 Å². The molecule has 0 radical (unpaired) electrons. The minimum absolute atomic E-state index is 0.0343. The molecule has 2 aromatic rings. The second-order valence-corrected chi connectivity index (χ2v) is 6.27. The molecular formula is C12H18N6O2S. The van der Waals surface area contributed by atoms with Crippen LogP contribution in [-0.2, 0) is 16.4 Å².